The van der Waals surface area contributed by atoms with Crippen LogP contribution in [0.15, 0.2) is 46.7 Å². The first-order chi connectivity index (χ1) is 10.2. The van der Waals surface area contributed by atoms with Gasteiger partial charge in [-0.25, -0.2) is 4.98 Å². The first kappa shape index (κ1) is 13.9. The molecule has 0 aliphatic carbocycles. The lowest BCUT2D eigenvalue weighted by Gasteiger charge is -2.15. The van der Waals surface area contributed by atoms with Crippen molar-refractivity contribution in [3.8, 4) is 10.6 Å². The summed E-state index contributed by atoms with van der Waals surface area (Å²) in [5, 5.41) is 6.74. The average molecular weight is 315 g/mol. The van der Waals surface area contributed by atoms with Gasteiger partial charge in [-0.3, -0.25) is 9.78 Å². The number of nitrogens with zero attached hydrogens (tertiary/aromatic N) is 3. The standard InChI is InChI=1S/C15H13N3OS2/c1-18(8-11-3-2-5-16-7-11)15(19)13-10-21-14(17-13)12-4-6-20-9-12/h2-7,9-10H,8H2,1H3. The van der Waals surface area contributed by atoms with Gasteiger partial charge in [0.25, 0.3) is 5.91 Å². The van der Waals surface area contributed by atoms with Crippen LogP contribution in [0, 0.1) is 0 Å². The topological polar surface area (TPSA) is 46.1 Å². The molecular formula is C15H13N3OS2. The van der Waals surface area contributed by atoms with Gasteiger partial charge in [0.2, 0.25) is 0 Å². The molecule has 0 atom stereocenters. The normalized spacial score (nSPS) is 10.5. The van der Waals surface area contributed by atoms with Crippen molar-refractivity contribution < 1.29 is 4.79 Å². The molecule has 0 saturated heterocycles. The summed E-state index contributed by atoms with van der Waals surface area (Å²) in [6.45, 7) is 0.526. The van der Waals surface area contributed by atoms with Gasteiger partial charge in [-0.15, -0.1) is 11.3 Å². The van der Waals surface area contributed by atoms with Gasteiger partial charge in [-0.05, 0) is 23.1 Å². The third-order valence-electron chi connectivity index (χ3n) is 2.98. The molecule has 3 aromatic heterocycles. The van der Waals surface area contributed by atoms with Crippen molar-refractivity contribution in [3.63, 3.8) is 0 Å². The zero-order chi connectivity index (χ0) is 14.7. The molecule has 3 aromatic rings. The summed E-state index contributed by atoms with van der Waals surface area (Å²) in [6, 6.07) is 5.83. The Kier molecular flexibility index (Phi) is 4.08. The Morgan fingerprint density at radius 3 is 2.95 bits per heavy atom. The van der Waals surface area contributed by atoms with Crippen molar-refractivity contribution in [2.24, 2.45) is 0 Å². The predicted molar refractivity (Wildman–Crippen MR) is 85.5 cm³/mol. The lowest BCUT2D eigenvalue weighted by atomic mass is 10.2. The molecule has 0 aliphatic rings. The molecule has 0 bridgehead atoms. The van der Waals surface area contributed by atoms with E-state index in [9.17, 15) is 4.79 Å². The minimum absolute atomic E-state index is 0.0726. The molecule has 0 spiro atoms. The fourth-order valence-corrected chi connectivity index (χ4v) is 3.43. The number of thiophene rings is 1. The summed E-state index contributed by atoms with van der Waals surface area (Å²) in [5.74, 6) is -0.0726. The molecular weight excluding hydrogens is 302 g/mol. The number of aromatic nitrogens is 2. The van der Waals surface area contributed by atoms with Crippen molar-refractivity contribution in [2.45, 2.75) is 6.54 Å². The van der Waals surface area contributed by atoms with Crippen LogP contribution < -0.4 is 0 Å². The number of pyridine rings is 1. The number of carbonyl (C=O) groups excluding carboxylic acids is 1. The van der Waals surface area contributed by atoms with Crippen molar-refractivity contribution in [3.05, 3.63) is 58.0 Å². The Morgan fingerprint density at radius 2 is 2.24 bits per heavy atom. The molecule has 106 valence electrons. The SMILES string of the molecule is CN(Cc1cccnc1)C(=O)c1csc(-c2ccsc2)n1. The van der Waals surface area contributed by atoms with Crippen LogP contribution in [0.3, 0.4) is 0 Å². The highest BCUT2D eigenvalue weighted by molar-refractivity contribution is 7.14. The molecule has 6 heteroatoms. The second-order valence-corrected chi connectivity index (χ2v) is 6.21. The molecule has 0 saturated carbocycles. The van der Waals surface area contributed by atoms with E-state index in [1.807, 2.05) is 34.3 Å². The summed E-state index contributed by atoms with van der Waals surface area (Å²) in [7, 11) is 1.78. The fraction of sp³-hybridized carbons (Fsp3) is 0.133. The van der Waals surface area contributed by atoms with Crippen LogP contribution in [-0.2, 0) is 6.54 Å². The van der Waals surface area contributed by atoms with E-state index in [4.69, 9.17) is 0 Å². The van der Waals surface area contributed by atoms with Crippen LogP contribution >= 0.6 is 22.7 Å². The summed E-state index contributed by atoms with van der Waals surface area (Å²) in [5.41, 5.74) is 2.56. The van der Waals surface area contributed by atoms with Gasteiger partial charge in [0.15, 0.2) is 0 Å². The highest BCUT2D eigenvalue weighted by atomic mass is 32.1. The molecule has 0 fully saturated rings. The van der Waals surface area contributed by atoms with E-state index in [0.717, 1.165) is 16.1 Å². The largest absolute Gasteiger partial charge is 0.336 e. The Hall–Kier alpha value is -2.05. The Bertz CT molecular complexity index is 722. The number of carbonyl (C=O) groups is 1. The van der Waals surface area contributed by atoms with Crippen LogP contribution in [0.25, 0.3) is 10.6 Å². The zero-order valence-corrected chi connectivity index (χ0v) is 13.0. The fourth-order valence-electron chi connectivity index (χ4n) is 1.92. The highest BCUT2D eigenvalue weighted by Crippen LogP contribution is 2.26. The maximum atomic E-state index is 12.4. The first-order valence-corrected chi connectivity index (χ1v) is 8.19. The van der Waals surface area contributed by atoms with Crippen LogP contribution in [0.2, 0.25) is 0 Å². The molecule has 0 radical (unpaired) electrons. The molecule has 0 aromatic carbocycles. The van der Waals surface area contributed by atoms with Gasteiger partial charge in [-0.2, -0.15) is 11.3 Å². The highest BCUT2D eigenvalue weighted by Gasteiger charge is 2.16. The van der Waals surface area contributed by atoms with Gasteiger partial charge in [0, 0.05) is 42.3 Å². The van der Waals surface area contributed by atoms with E-state index in [2.05, 4.69) is 9.97 Å². The maximum Gasteiger partial charge on any atom is 0.273 e. The van der Waals surface area contributed by atoms with Crippen molar-refractivity contribution in [2.75, 3.05) is 7.05 Å². The van der Waals surface area contributed by atoms with E-state index in [1.165, 1.54) is 11.3 Å². The van der Waals surface area contributed by atoms with Crippen LogP contribution in [0.4, 0.5) is 0 Å². The Balaban J connectivity index is 1.73. The third-order valence-corrected chi connectivity index (χ3v) is 4.56. The summed E-state index contributed by atoms with van der Waals surface area (Å²) < 4.78 is 0. The van der Waals surface area contributed by atoms with E-state index in [1.54, 1.807) is 35.7 Å². The molecule has 21 heavy (non-hydrogen) atoms. The van der Waals surface area contributed by atoms with Gasteiger partial charge in [-0.1, -0.05) is 6.07 Å². The molecule has 3 rings (SSSR count). The molecule has 1 amide bonds. The van der Waals surface area contributed by atoms with Gasteiger partial charge in [0.05, 0.1) is 0 Å². The third kappa shape index (κ3) is 3.17. The zero-order valence-electron chi connectivity index (χ0n) is 11.4. The lowest BCUT2D eigenvalue weighted by molar-refractivity contribution is 0.0780. The van der Waals surface area contributed by atoms with E-state index >= 15 is 0 Å². The van der Waals surface area contributed by atoms with Crippen molar-refractivity contribution in [1.29, 1.82) is 0 Å². The molecule has 0 aliphatic heterocycles. The van der Waals surface area contributed by atoms with E-state index < -0.39 is 0 Å². The molecule has 4 nitrogen and oxygen atoms in total. The monoisotopic (exact) mass is 315 g/mol. The number of thiazole rings is 1. The molecule has 3 heterocycles. The molecule has 0 N–H and O–H groups in total. The maximum absolute atomic E-state index is 12.4. The molecule has 0 unspecified atom stereocenters. The summed E-state index contributed by atoms with van der Waals surface area (Å²) in [4.78, 5) is 22.5. The average Bonchev–Trinajstić information content (AvgIpc) is 3.18. The van der Waals surface area contributed by atoms with Crippen LogP contribution in [0.1, 0.15) is 16.1 Å². The lowest BCUT2D eigenvalue weighted by Crippen LogP contribution is -2.26. The predicted octanol–water partition coefficient (Wildman–Crippen LogP) is 3.54. The smallest absolute Gasteiger partial charge is 0.273 e. The first-order valence-electron chi connectivity index (χ1n) is 6.36. The summed E-state index contributed by atoms with van der Waals surface area (Å²) >= 11 is 3.12. The van der Waals surface area contributed by atoms with Gasteiger partial charge < -0.3 is 4.90 Å². The minimum Gasteiger partial charge on any atom is -0.336 e. The number of amides is 1. The Labute approximate surface area is 130 Å². The van der Waals surface area contributed by atoms with Crippen LogP contribution in [-0.4, -0.2) is 27.8 Å². The number of rotatable bonds is 4. The van der Waals surface area contributed by atoms with E-state index in [-0.39, 0.29) is 5.91 Å². The minimum atomic E-state index is -0.0726. The summed E-state index contributed by atoms with van der Waals surface area (Å²) in [6.07, 6.45) is 3.49. The Morgan fingerprint density at radius 1 is 1.33 bits per heavy atom. The second kappa shape index (κ2) is 6.15. The van der Waals surface area contributed by atoms with Gasteiger partial charge >= 0.3 is 0 Å². The van der Waals surface area contributed by atoms with E-state index in [0.29, 0.717) is 12.2 Å². The van der Waals surface area contributed by atoms with Gasteiger partial charge in [0.1, 0.15) is 10.7 Å². The second-order valence-electron chi connectivity index (χ2n) is 4.57. The van der Waals surface area contributed by atoms with Crippen molar-refractivity contribution >= 4 is 28.6 Å². The number of hydrogen-bond acceptors (Lipinski definition) is 5. The van der Waals surface area contributed by atoms with Crippen LogP contribution in [0.5, 0.6) is 0 Å². The number of hydrogen-bond donors (Lipinski definition) is 0. The quantitative estimate of drug-likeness (QED) is 0.740. The van der Waals surface area contributed by atoms with Crippen molar-refractivity contribution in [1.82, 2.24) is 14.9 Å².